The van der Waals surface area contributed by atoms with E-state index in [1.54, 1.807) is 65.3 Å². The number of nitrogens with zero attached hydrogens (tertiary/aromatic N) is 3. The lowest BCUT2D eigenvalue weighted by molar-refractivity contribution is 0.0571. The third kappa shape index (κ3) is 3.30. The van der Waals surface area contributed by atoms with Crippen LogP contribution in [0.4, 0.5) is 10.5 Å². The molecule has 30 heavy (non-hydrogen) atoms. The third-order valence-electron chi connectivity index (χ3n) is 5.26. The summed E-state index contributed by atoms with van der Waals surface area (Å²) >= 11 is 0. The van der Waals surface area contributed by atoms with Crippen LogP contribution in [0.5, 0.6) is 0 Å². The number of benzene rings is 2. The molecule has 4 amide bonds. The number of ether oxygens (including phenoxy) is 1. The van der Waals surface area contributed by atoms with E-state index in [0.29, 0.717) is 43.9 Å². The fourth-order valence-electron chi connectivity index (χ4n) is 3.73. The van der Waals surface area contributed by atoms with Gasteiger partial charge in [-0.05, 0) is 31.2 Å². The summed E-state index contributed by atoms with van der Waals surface area (Å²) in [6.45, 7) is 3.45. The summed E-state index contributed by atoms with van der Waals surface area (Å²) in [4.78, 5) is 55.0. The van der Waals surface area contributed by atoms with Crippen molar-refractivity contribution in [2.75, 3.05) is 37.7 Å². The molecule has 0 spiro atoms. The van der Waals surface area contributed by atoms with Crippen LogP contribution in [-0.2, 0) is 4.74 Å². The summed E-state index contributed by atoms with van der Waals surface area (Å²) in [6.07, 6.45) is -0.393. The van der Waals surface area contributed by atoms with Crippen molar-refractivity contribution in [1.82, 2.24) is 9.80 Å². The molecule has 2 heterocycles. The molecule has 0 N–H and O–H groups in total. The molecule has 8 nitrogen and oxygen atoms in total. The number of amides is 4. The van der Waals surface area contributed by atoms with Crippen LogP contribution in [0.2, 0.25) is 0 Å². The molecule has 0 radical (unpaired) electrons. The number of carbonyl (C=O) groups is 4. The Morgan fingerprint density at radius 3 is 1.97 bits per heavy atom. The number of carbonyl (C=O) groups excluding carboxylic acids is 4. The van der Waals surface area contributed by atoms with Crippen LogP contribution >= 0.6 is 0 Å². The molecule has 0 unspecified atom stereocenters. The lowest BCUT2D eigenvalue weighted by atomic mass is 10.1. The Kier molecular flexibility index (Phi) is 5.22. The summed E-state index contributed by atoms with van der Waals surface area (Å²) in [5.41, 5.74) is 1.19. The summed E-state index contributed by atoms with van der Waals surface area (Å²) in [7, 11) is 0. The van der Waals surface area contributed by atoms with Gasteiger partial charge in [0.1, 0.15) is 0 Å². The summed E-state index contributed by atoms with van der Waals surface area (Å²) < 4.78 is 5.00. The largest absolute Gasteiger partial charge is 0.450 e. The van der Waals surface area contributed by atoms with E-state index in [1.165, 1.54) is 0 Å². The highest BCUT2D eigenvalue weighted by molar-refractivity contribution is 6.35. The number of hydrogen-bond acceptors (Lipinski definition) is 5. The molecule has 4 rings (SSSR count). The average Bonchev–Trinajstić information content (AvgIpc) is 3.04. The van der Waals surface area contributed by atoms with E-state index in [4.69, 9.17) is 4.74 Å². The minimum Gasteiger partial charge on any atom is -0.450 e. The van der Waals surface area contributed by atoms with Gasteiger partial charge in [-0.25, -0.2) is 9.69 Å². The smallest absolute Gasteiger partial charge is 0.409 e. The molecule has 1 fully saturated rings. The summed E-state index contributed by atoms with van der Waals surface area (Å²) in [5.74, 6) is -1.17. The number of piperazine rings is 1. The van der Waals surface area contributed by atoms with E-state index in [9.17, 15) is 19.2 Å². The SMILES string of the molecule is CCOC(=O)N1CCN(C(=O)c2ccccc2N2C(=O)c3ccccc3C2=O)CC1. The van der Waals surface area contributed by atoms with Crippen LogP contribution in [0.25, 0.3) is 0 Å². The van der Waals surface area contributed by atoms with Crippen molar-refractivity contribution in [3.05, 3.63) is 65.2 Å². The van der Waals surface area contributed by atoms with Crippen molar-refractivity contribution in [3.8, 4) is 0 Å². The van der Waals surface area contributed by atoms with Crippen LogP contribution in [0.3, 0.4) is 0 Å². The van der Waals surface area contributed by atoms with Crippen molar-refractivity contribution in [1.29, 1.82) is 0 Å². The van der Waals surface area contributed by atoms with Gasteiger partial charge in [0, 0.05) is 26.2 Å². The van der Waals surface area contributed by atoms with E-state index >= 15 is 0 Å². The van der Waals surface area contributed by atoms with E-state index in [2.05, 4.69) is 0 Å². The van der Waals surface area contributed by atoms with Crippen molar-refractivity contribution >= 4 is 29.5 Å². The normalized spacial score (nSPS) is 16.0. The standard InChI is InChI=1S/C22H21N3O5/c1-2-30-22(29)24-13-11-23(12-14-24)19(26)17-9-5-6-10-18(17)25-20(27)15-7-3-4-8-16(15)21(25)28/h3-10H,2,11-14H2,1H3. The fourth-order valence-corrected chi connectivity index (χ4v) is 3.73. The quantitative estimate of drug-likeness (QED) is 0.729. The zero-order valence-electron chi connectivity index (χ0n) is 16.5. The molecule has 0 bridgehead atoms. The first kappa shape index (κ1) is 19.6. The maximum absolute atomic E-state index is 13.2. The van der Waals surface area contributed by atoms with Gasteiger partial charge in [0.25, 0.3) is 17.7 Å². The molecule has 0 saturated carbocycles. The van der Waals surface area contributed by atoms with Crippen LogP contribution in [-0.4, -0.2) is 66.4 Å². The Morgan fingerprint density at radius 1 is 0.833 bits per heavy atom. The van der Waals surface area contributed by atoms with E-state index in [1.807, 2.05) is 0 Å². The van der Waals surface area contributed by atoms with Crippen LogP contribution < -0.4 is 4.90 Å². The van der Waals surface area contributed by atoms with Gasteiger partial charge in [-0.15, -0.1) is 0 Å². The molecule has 2 aliphatic rings. The van der Waals surface area contributed by atoms with Crippen molar-refractivity contribution in [2.45, 2.75) is 6.92 Å². The van der Waals surface area contributed by atoms with Crippen LogP contribution in [0.1, 0.15) is 38.0 Å². The van der Waals surface area contributed by atoms with Crippen molar-refractivity contribution < 1.29 is 23.9 Å². The molecular formula is C22H21N3O5. The van der Waals surface area contributed by atoms with Crippen molar-refractivity contribution in [2.24, 2.45) is 0 Å². The highest BCUT2D eigenvalue weighted by Gasteiger charge is 2.38. The minimum atomic E-state index is -0.442. The third-order valence-corrected chi connectivity index (χ3v) is 5.26. The maximum Gasteiger partial charge on any atom is 0.409 e. The fraction of sp³-hybridized carbons (Fsp3) is 0.273. The maximum atomic E-state index is 13.2. The second kappa shape index (κ2) is 7.98. The lowest BCUT2D eigenvalue weighted by Gasteiger charge is -2.34. The number of anilines is 1. The molecule has 8 heteroatoms. The number of fused-ring (bicyclic) bond motifs is 1. The summed E-state index contributed by atoms with van der Waals surface area (Å²) in [5, 5.41) is 0. The predicted molar refractivity (Wildman–Crippen MR) is 109 cm³/mol. The zero-order valence-corrected chi connectivity index (χ0v) is 16.5. The van der Waals surface area contributed by atoms with E-state index < -0.39 is 17.9 Å². The number of hydrogen-bond donors (Lipinski definition) is 0. The van der Waals surface area contributed by atoms with Gasteiger partial charge >= 0.3 is 6.09 Å². The van der Waals surface area contributed by atoms with Gasteiger partial charge in [-0.3, -0.25) is 14.4 Å². The number of para-hydroxylation sites is 1. The second-order valence-electron chi connectivity index (χ2n) is 6.99. The number of rotatable bonds is 3. The number of imide groups is 1. The molecule has 0 aliphatic carbocycles. The van der Waals surface area contributed by atoms with Gasteiger partial charge in [-0.2, -0.15) is 0 Å². The summed E-state index contributed by atoms with van der Waals surface area (Å²) in [6, 6.07) is 13.2. The van der Waals surface area contributed by atoms with Crippen LogP contribution in [0.15, 0.2) is 48.5 Å². The molecule has 154 valence electrons. The second-order valence-corrected chi connectivity index (χ2v) is 6.99. The van der Waals surface area contributed by atoms with Gasteiger partial charge in [0.05, 0.1) is 29.0 Å². The molecule has 2 aromatic rings. The molecule has 0 aromatic heterocycles. The van der Waals surface area contributed by atoms with Gasteiger partial charge < -0.3 is 14.5 Å². The predicted octanol–water partition coefficient (Wildman–Crippen LogP) is 2.40. The van der Waals surface area contributed by atoms with E-state index in [0.717, 1.165) is 4.90 Å². The first-order chi connectivity index (χ1) is 14.5. The molecule has 0 atom stereocenters. The first-order valence-corrected chi connectivity index (χ1v) is 9.80. The average molecular weight is 407 g/mol. The first-order valence-electron chi connectivity index (χ1n) is 9.80. The van der Waals surface area contributed by atoms with Gasteiger partial charge in [0.2, 0.25) is 0 Å². The Balaban J connectivity index is 1.56. The van der Waals surface area contributed by atoms with Crippen molar-refractivity contribution in [3.63, 3.8) is 0 Å². The van der Waals surface area contributed by atoms with Gasteiger partial charge in [0.15, 0.2) is 0 Å². The highest BCUT2D eigenvalue weighted by atomic mass is 16.6. The Hall–Kier alpha value is -3.68. The Labute approximate surface area is 173 Å². The molecular weight excluding hydrogens is 386 g/mol. The topological polar surface area (TPSA) is 87.2 Å². The van der Waals surface area contributed by atoms with E-state index in [-0.39, 0.29) is 17.2 Å². The minimum absolute atomic E-state index is 0.265. The molecule has 2 aromatic carbocycles. The monoisotopic (exact) mass is 407 g/mol. The lowest BCUT2D eigenvalue weighted by Crippen LogP contribution is -2.51. The van der Waals surface area contributed by atoms with Crippen LogP contribution in [0, 0.1) is 0 Å². The molecule has 2 aliphatic heterocycles. The molecule has 1 saturated heterocycles. The van der Waals surface area contributed by atoms with Gasteiger partial charge in [-0.1, -0.05) is 24.3 Å². The Bertz CT molecular complexity index is 992. The Morgan fingerprint density at radius 2 is 1.37 bits per heavy atom. The zero-order chi connectivity index (χ0) is 21.3. The highest BCUT2D eigenvalue weighted by Crippen LogP contribution is 2.31.